The Morgan fingerprint density at radius 3 is 2.32 bits per heavy atom. The molecule has 1 aliphatic heterocycles. The van der Waals surface area contributed by atoms with E-state index >= 15 is 0 Å². The van der Waals surface area contributed by atoms with Crippen LogP contribution in [0.4, 0.5) is 0 Å². The fraction of sp³-hybridized carbons (Fsp3) is 0.525. The van der Waals surface area contributed by atoms with Crippen LogP contribution in [0.15, 0.2) is 35.9 Å². The third-order valence-corrected chi connectivity index (χ3v) is 10.9. The van der Waals surface area contributed by atoms with Crippen molar-refractivity contribution in [3.63, 3.8) is 0 Å². The number of nitrogens with one attached hydrogen (secondary N) is 7. The molecule has 21 nitrogen and oxygen atoms in total. The van der Waals surface area contributed by atoms with Crippen molar-refractivity contribution in [2.75, 3.05) is 39.0 Å². The Morgan fingerprint density at radius 1 is 1.05 bits per heavy atom. The number of thioether (sulfide) groups is 1. The number of benzene rings is 1. The number of hydrogen-bond acceptors (Lipinski definition) is 14. The van der Waals surface area contributed by atoms with Crippen LogP contribution in [0, 0.1) is 5.92 Å². The zero-order chi connectivity index (χ0) is 46.3. The SMILES string of the molecule is C=CCOC(=O)C[C@H](NC(=O)[C@@H]1CSc2[nH]c3cc(OC(C)=O)ccc3c2C[C@@H](N)C(=O)NCC(=O)N[C@@H]([C@@H](C)CC)C(=O)NCC(=O)N1)C(=O)N(C[C@@H](C)O)[C@@H](C)C(=O)NC. The second-order valence-corrected chi connectivity index (χ2v) is 15.7. The number of fused-ring (bicyclic) bond motifs is 3. The standard InChI is InChI=1S/C40H57N9O12S/c1-8-12-60-33(54)15-29(40(59)49(18-21(4)50)22(5)35(55)42-7)46-37(57)30-19-62-39-26(25-11-10-24(61-23(6)51)13-28(25)47-39)14-27(41)36(56)43-17-32(53)48-34(20(3)9-2)38(58)44-16-31(52)45-30/h8,10-11,13,20-22,27,29-30,34,47,50H,1,9,12,14-19,41H2,2-7H3,(H,42,55)(H,43,56)(H,44,58)(H,45,52)(H,46,57)(H,48,53)/t20-,21+,22-,27+,29-,30-,34-/m0/s1. The van der Waals surface area contributed by atoms with E-state index in [4.69, 9.17) is 15.2 Å². The minimum atomic E-state index is -1.68. The van der Waals surface area contributed by atoms with Crippen molar-refractivity contribution in [1.29, 1.82) is 0 Å². The highest BCUT2D eigenvalue weighted by Gasteiger charge is 2.36. The molecule has 3 rings (SSSR count). The van der Waals surface area contributed by atoms with Gasteiger partial charge in [-0.1, -0.05) is 32.9 Å². The number of ether oxygens (including phenoxy) is 2. The Labute approximate surface area is 362 Å². The normalized spacial score (nSPS) is 19.8. The minimum absolute atomic E-state index is 0.101. The molecule has 7 amide bonds. The maximum absolute atomic E-state index is 14.3. The van der Waals surface area contributed by atoms with Crippen LogP contribution >= 0.6 is 11.8 Å². The Bertz CT molecular complexity index is 2010. The van der Waals surface area contributed by atoms with E-state index in [-0.39, 0.29) is 31.1 Å². The molecule has 1 aromatic heterocycles. The van der Waals surface area contributed by atoms with Crippen LogP contribution in [0.1, 0.15) is 53.0 Å². The minimum Gasteiger partial charge on any atom is -0.461 e. The van der Waals surface area contributed by atoms with Gasteiger partial charge in [0, 0.05) is 37.7 Å². The predicted octanol–water partition coefficient (Wildman–Crippen LogP) is -1.74. The van der Waals surface area contributed by atoms with Gasteiger partial charge in [0.25, 0.3) is 0 Å². The van der Waals surface area contributed by atoms with Gasteiger partial charge >= 0.3 is 11.9 Å². The Balaban J connectivity index is 2.13. The molecule has 7 atom stereocenters. The summed E-state index contributed by atoms with van der Waals surface area (Å²) in [5.74, 6) is -7.40. The van der Waals surface area contributed by atoms with Crippen LogP contribution < -0.4 is 42.4 Å². The maximum Gasteiger partial charge on any atom is 0.308 e. The second kappa shape index (κ2) is 23.9. The third kappa shape index (κ3) is 14.6. The zero-order valence-corrected chi connectivity index (χ0v) is 36.4. The van der Waals surface area contributed by atoms with Crippen molar-refractivity contribution in [1.82, 2.24) is 41.8 Å². The van der Waals surface area contributed by atoms with Gasteiger partial charge in [-0.3, -0.25) is 43.2 Å². The molecule has 0 unspecified atom stereocenters. The van der Waals surface area contributed by atoms with Crippen molar-refractivity contribution in [2.45, 2.75) is 95.2 Å². The molecule has 0 radical (unpaired) electrons. The molecule has 0 bridgehead atoms. The average Bonchev–Trinajstić information content (AvgIpc) is 3.56. The third-order valence-electron chi connectivity index (χ3n) is 9.75. The molecule has 0 spiro atoms. The molecule has 10 N–H and O–H groups in total. The van der Waals surface area contributed by atoms with E-state index in [1.165, 1.54) is 40.0 Å². The first kappa shape index (κ1) is 50.4. The van der Waals surface area contributed by atoms with E-state index in [0.717, 1.165) is 16.7 Å². The monoisotopic (exact) mass is 887 g/mol. The lowest BCUT2D eigenvalue weighted by Crippen LogP contribution is -2.59. The van der Waals surface area contributed by atoms with Crippen molar-refractivity contribution in [3.05, 3.63) is 36.4 Å². The van der Waals surface area contributed by atoms with Crippen LogP contribution in [-0.4, -0.2) is 144 Å². The van der Waals surface area contributed by atoms with Crippen LogP contribution in [0.25, 0.3) is 10.9 Å². The first-order valence-corrected chi connectivity index (χ1v) is 20.9. The zero-order valence-electron chi connectivity index (χ0n) is 35.6. The summed E-state index contributed by atoms with van der Waals surface area (Å²) >= 11 is 1.01. The van der Waals surface area contributed by atoms with Crippen LogP contribution in [0.5, 0.6) is 5.75 Å². The molecule has 0 saturated carbocycles. The molecule has 1 aliphatic rings. The summed E-state index contributed by atoms with van der Waals surface area (Å²) in [6.45, 7) is 9.27. The van der Waals surface area contributed by atoms with Crippen LogP contribution in [0.2, 0.25) is 0 Å². The van der Waals surface area contributed by atoms with Crippen LogP contribution in [0.3, 0.4) is 0 Å². The number of aromatic nitrogens is 1. The number of aliphatic hydroxyl groups is 1. The summed E-state index contributed by atoms with van der Waals surface area (Å²) in [4.78, 5) is 123. The molecule has 0 saturated heterocycles. The van der Waals surface area contributed by atoms with E-state index in [9.17, 15) is 48.3 Å². The van der Waals surface area contributed by atoms with Gasteiger partial charge in [0.05, 0.1) is 42.2 Å². The van der Waals surface area contributed by atoms with Crippen molar-refractivity contribution >= 4 is 76.0 Å². The van der Waals surface area contributed by atoms with E-state index in [1.807, 2.05) is 0 Å². The number of aliphatic hydroxyl groups excluding tert-OH is 1. The summed E-state index contributed by atoms with van der Waals surface area (Å²) in [5, 5.41) is 26.3. The van der Waals surface area contributed by atoms with E-state index in [2.05, 4.69) is 43.5 Å². The number of aromatic amines is 1. The largest absolute Gasteiger partial charge is 0.461 e. The first-order chi connectivity index (χ1) is 29.3. The number of H-pyrrole nitrogens is 1. The quantitative estimate of drug-likeness (QED) is 0.0579. The van der Waals surface area contributed by atoms with Gasteiger partial charge in [0.2, 0.25) is 41.4 Å². The van der Waals surface area contributed by atoms with Crippen molar-refractivity contribution in [3.8, 4) is 5.75 Å². The van der Waals surface area contributed by atoms with Gasteiger partial charge in [-0.15, -0.1) is 11.8 Å². The summed E-state index contributed by atoms with van der Waals surface area (Å²) < 4.78 is 10.3. The number of nitrogens with zero attached hydrogens (tertiary/aromatic N) is 1. The van der Waals surface area contributed by atoms with E-state index < -0.39 is 115 Å². The van der Waals surface area contributed by atoms with E-state index in [1.54, 1.807) is 26.0 Å². The Hall–Kier alpha value is -6.00. The molecule has 2 heterocycles. The summed E-state index contributed by atoms with van der Waals surface area (Å²) in [5.41, 5.74) is 7.32. The lowest BCUT2D eigenvalue weighted by molar-refractivity contribution is -0.149. The predicted molar refractivity (Wildman–Crippen MR) is 226 cm³/mol. The lowest BCUT2D eigenvalue weighted by atomic mass is 9.98. The Morgan fingerprint density at radius 2 is 1.71 bits per heavy atom. The average molecular weight is 888 g/mol. The highest BCUT2D eigenvalue weighted by Crippen LogP contribution is 2.33. The summed E-state index contributed by atoms with van der Waals surface area (Å²) in [6.07, 6.45) is -0.212. The van der Waals surface area contributed by atoms with Gasteiger partial charge in [-0.05, 0) is 43.9 Å². The number of amides is 7. The lowest BCUT2D eigenvalue weighted by Gasteiger charge is -2.33. The molecule has 340 valence electrons. The molecular formula is C40H57N9O12S. The fourth-order valence-corrected chi connectivity index (χ4v) is 7.42. The molecule has 62 heavy (non-hydrogen) atoms. The summed E-state index contributed by atoms with van der Waals surface area (Å²) in [7, 11) is 1.35. The van der Waals surface area contributed by atoms with E-state index in [0.29, 0.717) is 27.9 Å². The number of nitrogens with two attached hydrogens (primary N) is 1. The van der Waals surface area contributed by atoms with Crippen molar-refractivity contribution < 1.29 is 57.7 Å². The smallest absolute Gasteiger partial charge is 0.308 e. The molecule has 22 heteroatoms. The number of carbonyl (C=O) groups is 9. The van der Waals surface area contributed by atoms with Gasteiger partial charge in [-0.25, -0.2) is 0 Å². The fourth-order valence-electron chi connectivity index (χ4n) is 6.30. The second-order valence-electron chi connectivity index (χ2n) is 14.7. The summed E-state index contributed by atoms with van der Waals surface area (Å²) in [6, 6.07) is -1.96. The highest BCUT2D eigenvalue weighted by atomic mass is 32.2. The maximum atomic E-state index is 14.3. The topological polar surface area (TPSA) is 310 Å². The first-order valence-electron chi connectivity index (χ1n) is 19.9. The number of rotatable bonds is 14. The molecule has 2 aromatic rings. The highest BCUT2D eigenvalue weighted by molar-refractivity contribution is 7.99. The van der Waals surface area contributed by atoms with Gasteiger partial charge in [0.15, 0.2) is 0 Å². The van der Waals surface area contributed by atoms with Gasteiger partial charge < -0.3 is 62.1 Å². The number of hydrogen-bond donors (Lipinski definition) is 9. The Kier molecular flexibility index (Phi) is 19.4. The molecule has 1 aromatic carbocycles. The van der Waals surface area contributed by atoms with Crippen molar-refractivity contribution in [2.24, 2.45) is 11.7 Å². The van der Waals surface area contributed by atoms with Crippen LogP contribution in [-0.2, 0) is 54.3 Å². The number of likely N-dealkylation sites (N-methyl/N-ethyl adjacent to an activating group) is 1. The number of carbonyl (C=O) groups excluding carboxylic acids is 9. The molecule has 0 aliphatic carbocycles. The van der Waals surface area contributed by atoms with Gasteiger partial charge in [-0.2, -0.15) is 0 Å². The van der Waals surface area contributed by atoms with Gasteiger partial charge in [0.1, 0.15) is 36.5 Å². The number of esters is 2. The molecular weight excluding hydrogens is 831 g/mol. The molecule has 0 fully saturated rings.